The van der Waals surface area contributed by atoms with Crippen LogP contribution in [0.4, 0.5) is 0 Å². The summed E-state index contributed by atoms with van der Waals surface area (Å²) in [7, 11) is 2.16. The molecule has 21 heavy (non-hydrogen) atoms. The van der Waals surface area contributed by atoms with Crippen molar-refractivity contribution in [3.8, 4) is 0 Å². The first kappa shape index (κ1) is 17.1. The van der Waals surface area contributed by atoms with Gasteiger partial charge in [0.25, 0.3) is 0 Å². The van der Waals surface area contributed by atoms with Gasteiger partial charge in [-0.3, -0.25) is 4.90 Å². The van der Waals surface area contributed by atoms with Crippen LogP contribution >= 0.6 is 23.2 Å². The summed E-state index contributed by atoms with van der Waals surface area (Å²) >= 11 is 12.5. The summed E-state index contributed by atoms with van der Waals surface area (Å²) in [6, 6.07) is 6.51. The van der Waals surface area contributed by atoms with Crippen molar-refractivity contribution in [2.45, 2.75) is 51.6 Å². The molecule has 4 heteroatoms. The van der Waals surface area contributed by atoms with Crippen molar-refractivity contribution in [2.75, 3.05) is 13.6 Å². The van der Waals surface area contributed by atoms with E-state index in [2.05, 4.69) is 25.8 Å². The Balaban J connectivity index is 2.16. The number of hydrogen-bond acceptors (Lipinski definition) is 2. The van der Waals surface area contributed by atoms with Crippen LogP contribution in [-0.4, -0.2) is 24.5 Å². The van der Waals surface area contributed by atoms with E-state index in [1.807, 2.05) is 18.2 Å². The van der Waals surface area contributed by atoms with Gasteiger partial charge in [-0.05, 0) is 49.8 Å². The van der Waals surface area contributed by atoms with E-state index in [0.29, 0.717) is 28.0 Å². The van der Waals surface area contributed by atoms with Gasteiger partial charge in [0.15, 0.2) is 0 Å². The van der Waals surface area contributed by atoms with Gasteiger partial charge in [-0.25, -0.2) is 0 Å². The normalized spacial score (nSPS) is 20.7. The van der Waals surface area contributed by atoms with Crippen molar-refractivity contribution in [3.63, 3.8) is 0 Å². The molecule has 1 atom stereocenters. The molecule has 1 aromatic rings. The van der Waals surface area contributed by atoms with E-state index < -0.39 is 0 Å². The van der Waals surface area contributed by atoms with Crippen LogP contribution in [0, 0.1) is 5.41 Å². The maximum Gasteiger partial charge on any atom is 0.0640 e. The lowest BCUT2D eigenvalue weighted by molar-refractivity contribution is 0.0967. The third-order valence-corrected chi connectivity index (χ3v) is 5.77. The molecule has 0 radical (unpaired) electrons. The number of hydrogen-bond donors (Lipinski definition) is 1. The van der Waals surface area contributed by atoms with Crippen molar-refractivity contribution in [3.05, 3.63) is 33.8 Å². The van der Waals surface area contributed by atoms with Crippen LogP contribution in [0.2, 0.25) is 10.0 Å². The lowest BCUT2D eigenvalue weighted by atomic mass is 9.75. The highest BCUT2D eigenvalue weighted by Gasteiger charge is 2.32. The average molecular weight is 329 g/mol. The Morgan fingerprint density at radius 3 is 2.48 bits per heavy atom. The second-order valence-electron chi connectivity index (χ2n) is 6.96. The minimum atomic E-state index is 0.127. The number of halogens is 2. The summed E-state index contributed by atoms with van der Waals surface area (Å²) < 4.78 is 0. The standard InChI is InChI=1S/C17H26Cl2N2/c1-17(2)9-7-12(8-10-17)21(3)15(11-20)13-5-4-6-14(18)16(13)19/h4-6,12,15H,7-11,20H2,1-3H3. The Hall–Kier alpha value is -0.280. The van der Waals surface area contributed by atoms with Gasteiger partial charge in [0.2, 0.25) is 0 Å². The molecule has 0 spiro atoms. The molecule has 0 saturated heterocycles. The van der Waals surface area contributed by atoms with Crippen molar-refractivity contribution >= 4 is 23.2 Å². The molecule has 0 amide bonds. The number of nitrogens with two attached hydrogens (primary N) is 1. The van der Waals surface area contributed by atoms with Crippen molar-refractivity contribution in [2.24, 2.45) is 11.1 Å². The summed E-state index contributed by atoms with van der Waals surface area (Å²) in [4.78, 5) is 2.40. The van der Waals surface area contributed by atoms with Gasteiger partial charge < -0.3 is 5.73 Å². The Morgan fingerprint density at radius 1 is 1.29 bits per heavy atom. The molecular formula is C17H26Cl2N2. The quantitative estimate of drug-likeness (QED) is 0.852. The Morgan fingerprint density at radius 2 is 1.90 bits per heavy atom. The highest BCUT2D eigenvalue weighted by molar-refractivity contribution is 6.42. The number of nitrogens with zero attached hydrogens (tertiary/aromatic N) is 1. The minimum absolute atomic E-state index is 0.127. The summed E-state index contributed by atoms with van der Waals surface area (Å²) in [6.07, 6.45) is 4.97. The second-order valence-corrected chi connectivity index (χ2v) is 7.74. The average Bonchev–Trinajstić information content (AvgIpc) is 2.44. The number of rotatable bonds is 4. The minimum Gasteiger partial charge on any atom is -0.329 e. The predicted molar refractivity (Wildman–Crippen MR) is 92.1 cm³/mol. The largest absolute Gasteiger partial charge is 0.329 e. The third kappa shape index (κ3) is 3.92. The topological polar surface area (TPSA) is 29.3 Å². The second kappa shape index (κ2) is 6.87. The molecule has 1 unspecified atom stereocenters. The zero-order valence-electron chi connectivity index (χ0n) is 13.2. The fourth-order valence-corrected chi connectivity index (χ4v) is 3.77. The summed E-state index contributed by atoms with van der Waals surface area (Å²) in [6.45, 7) is 5.27. The SMILES string of the molecule is CN(C1CCC(C)(C)CC1)C(CN)c1cccc(Cl)c1Cl. The number of likely N-dealkylation sites (N-methyl/N-ethyl adjacent to an activating group) is 1. The molecule has 1 aromatic carbocycles. The van der Waals surface area contributed by atoms with Crippen LogP contribution in [-0.2, 0) is 0 Å². The van der Waals surface area contributed by atoms with E-state index in [0.717, 1.165) is 5.56 Å². The van der Waals surface area contributed by atoms with Crippen LogP contribution in [0.25, 0.3) is 0 Å². The van der Waals surface area contributed by atoms with Crippen LogP contribution in [0.3, 0.4) is 0 Å². The van der Waals surface area contributed by atoms with Crippen LogP contribution < -0.4 is 5.73 Å². The first-order valence-electron chi connectivity index (χ1n) is 7.71. The molecular weight excluding hydrogens is 303 g/mol. The summed E-state index contributed by atoms with van der Waals surface area (Å²) in [5.74, 6) is 0. The van der Waals surface area contributed by atoms with E-state index in [1.165, 1.54) is 25.7 Å². The molecule has 1 aliphatic rings. The van der Waals surface area contributed by atoms with Crippen molar-refractivity contribution in [1.29, 1.82) is 0 Å². The molecule has 1 fully saturated rings. The molecule has 0 heterocycles. The van der Waals surface area contributed by atoms with E-state index in [4.69, 9.17) is 28.9 Å². The zero-order valence-corrected chi connectivity index (χ0v) is 14.7. The first-order chi connectivity index (χ1) is 9.85. The van der Waals surface area contributed by atoms with Crippen molar-refractivity contribution in [1.82, 2.24) is 4.90 Å². The smallest absolute Gasteiger partial charge is 0.0640 e. The molecule has 0 aliphatic heterocycles. The molecule has 2 N–H and O–H groups in total. The molecule has 0 aromatic heterocycles. The lowest BCUT2D eigenvalue weighted by Crippen LogP contribution is -2.41. The molecule has 1 saturated carbocycles. The van der Waals surface area contributed by atoms with Gasteiger partial charge in [-0.15, -0.1) is 0 Å². The predicted octanol–water partition coefficient (Wildman–Crippen LogP) is 4.89. The summed E-state index contributed by atoms with van der Waals surface area (Å²) in [5.41, 5.74) is 7.56. The fourth-order valence-electron chi connectivity index (χ4n) is 3.34. The van der Waals surface area contributed by atoms with Gasteiger partial charge >= 0.3 is 0 Å². The lowest BCUT2D eigenvalue weighted by Gasteiger charge is -2.41. The molecule has 118 valence electrons. The van der Waals surface area contributed by atoms with E-state index in [-0.39, 0.29) is 6.04 Å². The number of benzene rings is 1. The zero-order chi connectivity index (χ0) is 15.6. The molecule has 1 aliphatic carbocycles. The van der Waals surface area contributed by atoms with E-state index >= 15 is 0 Å². The third-order valence-electron chi connectivity index (χ3n) is 4.94. The first-order valence-corrected chi connectivity index (χ1v) is 8.47. The van der Waals surface area contributed by atoms with Gasteiger partial charge in [-0.1, -0.05) is 49.2 Å². The maximum atomic E-state index is 6.38. The maximum absolute atomic E-state index is 6.38. The monoisotopic (exact) mass is 328 g/mol. The highest BCUT2D eigenvalue weighted by atomic mass is 35.5. The van der Waals surface area contributed by atoms with Crippen LogP contribution in [0.5, 0.6) is 0 Å². The van der Waals surface area contributed by atoms with Gasteiger partial charge in [-0.2, -0.15) is 0 Å². The Bertz CT molecular complexity index is 478. The van der Waals surface area contributed by atoms with E-state index in [1.54, 1.807) is 0 Å². The van der Waals surface area contributed by atoms with E-state index in [9.17, 15) is 0 Å². The van der Waals surface area contributed by atoms with Crippen LogP contribution in [0.15, 0.2) is 18.2 Å². The molecule has 2 nitrogen and oxygen atoms in total. The molecule has 0 bridgehead atoms. The molecule has 2 rings (SSSR count). The van der Waals surface area contributed by atoms with Gasteiger partial charge in [0.05, 0.1) is 10.0 Å². The summed E-state index contributed by atoms with van der Waals surface area (Å²) in [5, 5.41) is 1.24. The Labute approximate surface area is 138 Å². The van der Waals surface area contributed by atoms with Crippen molar-refractivity contribution < 1.29 is 0 Å². The fraction of sp³-hybridized carbons (Fsp3) is 0.647. The highest BCUT2D eigenvalue weighted by Crippen LogP contribution is 2.39. The Kier molecular flexibility index (Phi) is 5.59. The van der Waals surface area contributed by atoms with Gasteiger partial charge in [0.1, 0.15) is 0 Å². The van der Waals surface area contributed by atoms with Crippen LogP contribution in [0.1, 0.15) is 51.1 Å². The van der Waals surface area contributed by atoms with Gasteiger partial charge in [0, 0.05) is 18.6 Å².